The van der Waals surface area contributed by atoms with E-state index >= 15 is 0 Å². The van der Waals surface area contributed by atoms with Crippen LogP contribution in [0.15, 0.2) is 36.5 Å². The molecule has 4 unspecified atom stereocenters. The maximum absolute atomic E-state index is 13.1. The summed E-state index contributed by atoms with van der Waals surface area (Å²) in [6.07, 6.45) is 31.7. The minimum absolute atomic E-state index is 0.154. The average molecular weight is 1030 g/mol. The first-order valence-corrected chi connectivity index (χ1v) is 28.6. The fraction of sp³-hybridized carbons (Fsp3) is 0.860. The van der Waals surface area contributed by atoms with Crippen molar-refractivity contribution in [3.05, 3.63) is 36.5 Å². The van der Waals surface area contributed by atoms with Gasteiger partial charge in [-0.15, -0.1) is 0 Å². The highest BCUT2D eigenvalue weighted by atomic mass is 16.7. The summed E-state index contributed by atoms with van der Waals surface area (Å²) in [5.74, 6) is -0.974. The van der Waals surface area contributed by atoms with Crippen molar-refractivity contribution in [2.24, 2.45) is 0 Å². The van der Waals surface area contributed by atoms with Gasteiger partial charge in [-0.2, -0.15) is 0 Å². The first-order chi connectivity index (χ1) is 35.0. The van der Waals surface area contributed by atoms with Crippen molar-refractivity contribution in [3.63, 3.8) is 0 Å². The molecule has 0 amide bonds. The number of hydrogen-bond acceptors (Lipinski definition) is 15. The van der Waals surface area contributed by atoms with E-state index < -0.39 is 99.3 Å². The van der Waals surface area contributed by atoms with E-state index in [1.165, 1.54) is 128 Å². The summed E-state index contributed by atoms with van der Waals surface area (Å²) in [5.41, 5.74) is 0. The smallest absolute Gasteiger partial charge is 0.306 e. The number of hydrogen-bond donors (Lipinski definition) is 7. The molecule has 2 heterocycles. The van der Waals surface area contributed by atoms with Gasteiger partial charge in [-0.25, -0.2) is 0 Å². The lowest BCUT2D eigenvalue weighted by atomic mass is 9.98. The summed E-state index contributed by atoms with van der Waals surface area (Å²) < 4.78 is 33.6. The molecular formula is C57H102O15. The normalized spacial score (nSPS) is 25.2. The number of carbonyl (C=O) groups excluding carboxylic acids is 2. The van der Waals surface area contributed by atoms with Gasteiger partial charge < -0.3 is 64.2 Å². The van der Waals surface area contributed by atoms with E-state index in [2.05, 4.69) is 50.3 Å². The zero-order chi connectivity index (χ0) is 52.4. The second-order valence-corrected chi connectivity index (χ2v) is 20.1. The van der Waals surface area contributed by atoms with Crippen molar-refractivity contribution in [3.8, 4) is 0 Å². The molecule has 0 bridgehead atoms. The Hall–Kier alpha value is -2.28. The first-order valence-electron chi connectivity index (χ1n) is 28.6. The highest BCUT2D eigenvalue weighted by Crippen LogP contribution is 2.27. The van der Waals surface area contributed by atoms with Crippen molar-refractivity contribution in [2.75, 3.05) is 26.4 Å². The minimum atomic E-state index is -1.77. The number of ether oxygens (including phenoxy) is 6. The largest absolute Gasteiger partial charge is 0.462 e. The average Bonchev–Trinajstić information content (AvgIpc) is 3.37. The van der Waals surface area contributed by atoms with Crippen LogP contribution < -0.4 is 0 Å². The lowest BCUT2D eigenvalue weighted by Gasteiger charge is -2.42. The van der Waals surface area contributed by atoms with Crippen LogP contribution in [0, 0.1) is 0 Å². The molecule has 0 aromatic heterocycles. The monoisotopic (exact) mass is 1030 g/mol. The third kappa shape index (κ3) is 30.9. The molecule has 7 N–H and O–H groups in total. The highest BCUT2D eigenvalue weighted by molar-refractivity contribution is 5.70. The molecule has 15 heteroatoms. The molecule has 0 aromatic carbocycles. The molecule has 11 atom stereocenters. The van der Waals surface area contributed by atoms with Gasteiger partial charge in [-0.05, 0) is 64.2 Å². The van der Waals surface area contributed by atoms with Crippen LogP contribution in [0.1, 0.15) is 219 Å². The van der Waals surface area contributed by atoms with Crippen LogP contribution in [0.3, 0.4) is 0 Å². The molecule has 15 nitrogen and oxygen atoms in total. The summed E-state index contributed by atoms with van der Waals surface area (Å²) >= 11 is 0. The van der Waals surface area contributed by atoms with E-state index in [9.17, 15) is 45.3 Å². The van der Waals surface area contributed by atoms with Crippen LogP contribution in [-0.4, -0.2) is 142 Å². The summed E-state index contributed by atoms with van der Waals surface area (Å²) in [6.45, 7) is 2.57. The van der Waals surface area contributed by atoms with Crippen molar-refractivity contribution in [2.45, 2.75) is 287 Å². The van der Waals surface area contributed by atoms with Crippen LogP contribution >= 0.6 is 0 Å². The highest BCUT2D eigenvalue weighted by Gasteiger charge is 2.47. The molecule has 2 fully saturated rings. The van der Waals surface area contributed by atoms with E-state index in [-0.39, 0.29) is 19.4 Å². The lowest BCUT2D eigenvalue weighted by Crippen LogP contribution is -2.61. The molecule has 0 aromatic rings. The SMILES string of the molecule is CCCCCCCC/C=C/CCCCCCCCCCCC(=O)O[C@H](COC(=O)CCC/C=C/C/C=C/CCCCCCCCCCC)CO[C@H]1O[C@@H](CO[C@H]2O[C@@H](CO)[C@@H](O)C(O)C2O)[C@@H](O)C(O)C1O. The van der Waals surface area contributed by atoms with Gasteiger partial charge >= 0.3 is 11.9 Å². The van der Waals surface area contributed by atoms with Gasteiger partial charge in [-0.1, -0.05) is 179 Å². The van der Waals surface area contributed by atoms with Gasteiger partial charge in [0.2, 0.25) is 0 Å². The van der Waals surface area contributed by atoms with E-state index in [1.807, 2.05) is 0 Å². The molecule has 0 radical (unpaired) electrons. The first kappa shape index (κ1) is 65.8. The Morgan fingerprint density at radius 3 is 1.35 bits per heavy atom. The number of unbranched alkanes of at least 4 members (excludes halogenated alkanes) is 25. The van der Waals surface area contributed by atoms with E-state index in [0.29, 0.717) is 19.3 Å². The van der Waals surface area contributed by atoms with Gasteiger partial charge in [0.1, 0.15) is 55.4 Å². The molecule has 0 aliphatic carbocycles. The Morgan fingerprint density at radius 2 is 0.847 bits per heavy atom. The topological polar surface area (TPSA) is 231 Å². The third-order valence-electron chi connectivity index (χ3n) is 13.6. The number of aliphatic hydroxyl groups is 7. The third-order valence-corrected chi connectivity index (χ3v) is 13.6. The molecule has 0 spiro atoms. The number of aliphatic hydroxyl groups excluding tert-OH is 7. The van der Waals surface area contributed by atoms with Crippen LogP contribution in [0.4, 0.5) is 0 Å². The van der Waals surface area contributed by atoms with Gasteiger partial charge in [0.25, 0.3) is 0 Å². The van der Waals surface area contributed by atoms with E-state index in [0.717, 1.165) is 44.9 Å². The maximum atomic E-state index is 13.1. The molecular weight excluding hydrogens is 925 g/mol. The van der Waals surface area contributed by atoms with Crippen molar-refractivity contribution in [1.82, 2.24) is 0 Å². The van der Waals surface area contributed by atoms with Crippen LogP contribution in [-0.2, 0) is 38.0 Å². The van der Waals surface area contributed by atoms with Crippen molar-refractivity contribution >= 4 is 11.9 Å². The molecule has 2 aliphatic rings. The quantitative estimate of drug-likeness (QED) is 0.0171. The predicted molar refractivity (Wildman–Crippen MR) is 280 cm³/mol. The molecule has 420 valence electrons. The Kier molecular flexibility index (Phi) is 40.1. The summed E-state index contributed by atoms with van der Waals surface area (Å²) in [5, 5.41) is 72.2. The zero-order valence-corrected chi connectivity index (χ0v) is 44.7. The van der Waals surface area contributed by atoms with E-state index in [1.54, 1.807) is 0 Å². The van der Waals surface area contributed by atoms with Gasteiger partial charge in [0.05, 0.1) is 19.8 Å². The maximum Gasteiger partial charge on any atom is 0.306 e. The van der Waals surface area contributed by atoms with Crippen LogP contribution in [0.5, 0.6) is 0 Å². The Bertz CT molecular complexity index is 1390. The standard InChI is InChI=1S/C57H102O15/c1-3-5-7-9-11-13-15-17-19-21-22-24-26-28-30-32-34-36-38-40-49(60)70-45(42-67-48(59)39-37-35-33-31-29-27-25-23-20-18-16-14-12-10-8-6-4-2)43-68-56-55(66)53(64)51(62)47(72-56)44-69-57-54(65)52(63)50(61)46(41-58)71-57/h17,19,25,27,31,33,45-47,50-58,61-66H,3-16,18,20-24,26,28-30,32,34-44H2,1-2H3/b19-17+,27-25+,33-31+/t45-,46+,47+,50-,51-,52?,53?,54?,55?,56+,57+/m1/s1. The number of allylic oxidation sites excluding steroid dienone is 6. The number of esters is 2. The van der Waals surface area contributed by atoms with Gasteiger partial charge in [0, 0.05) is 12.8 Å². The zero-order valence-electron chi connectivity index (χ0n) is 44.7. The van der Waals surface area contributed by atoms with Gasteiger partial charge in [0.15, 0.2) is 18.7 Å². The Morgan fingerprint density at radius 1 is 0.444 bits per heavy atom. The minimum Gasteiger partial charge on any atom is -0.462 e. The van der Waals surface area contributed by atoms with Crippen molar-refractivity contribution < 1.29 is 73.8 Å². The molecule has 2 saturated heterocycles. The second-order valence-electron chi connectivity index (χ2n) is 20.1. The molecule has 72 heavy (non-hydrogen) atoms. The fourth-order valence-corrected chi connectivity index (χ4v) is 8.90. The van der Waals surface area contributed by atoms with Crippen molar-refractivity contribution in [1.29, 1.82) is 0 Å². The van der Waals surface area contributed by atoms with E-state index in [4.69, 9.17) is 28.4 Å². The molecule has 2 aliphatic heterocycles. The summed E-state index contributed by atoms with van der Waals surface area (Å²) in [7, 11) is 0. The summed E-state index contributed by atoms with van der Waals surface area (Å²) in [4.78, 5) is 25.8. The van der Waals surface area contributed by atoms with Crippen LogP contribution in [0.2, 0.25) is 0 Å². The number of carbonyl (C=O) groups is 2. The Labute approximate surface area is 434 Å². The predicted octanol–water partition coefficient (Wildman–Crippen LogP) is 9.27. The Balaban J connectivity index is 1.78. The van der Waals surface area contributed by atoms with Crippen LogP contribution in [0.25, 0.3) is 0 Å². The van der Waals surface area contributed by atoms with Gasteiger partial charge in [-0.3, -0.25) is 9.59 Å². The summed E-state index contributed by atoms with van der Waals surface area (Å²) in [6, 6.07) is 0. The lowest BCUT2D eigenvalue weighted by molar-refractivity contribution is -0.332. The molecule has 2 rings (SSSR count). The molecule has 0 saturated carbocycles. The number of rotatable bonds is 45. The fourth-order valence-electron chi connectivity index (χ4n) is 8.90. The second kappa shape index (κ2) is 43.9.